The van der Waals surface area contributed by atoms with Gasteiger partial charge in [0.2, 0.25) is 16.0 Å². The lowest BCUT2D eigenvalue weighted by atomic mass is 10.2. The molecule has 3 aromatic rings. The van der Waals surface area contributed by atoms with E-state index in [-0.39, 0.29) is 22.9 Å². The Morgan fingerprint density at radius 1 is 1.10 bits per heavy atom. The predicted molar refractivity (Wildman–Crippen MR) is 121 cm³/mol. The van der Waals surface area contributed by atoms with E-state index in [2.05, 4.69) is 30.1 Å². The molecular weight excluding hydrogens is 438 g/mol. The van der Waals surface area contributed by atoms with Gasteiger partial charge in [0, 0.05) is 30.5 Å². The minimum absolute atomic E-state index is 0.0387. The maximum absolute atomic E-state index is 12.5. The van der Waals surface area contributed by atoms with Crippen molar-refractivity contribution in [3.8, 4) is 0 Å². The number of rotatable bonds is 9. The molecule has 0 saturated carbocycles. The zero-order valence-electron chi connectivity index (χ0n) is 17.3. The predicted octanol–water partition coefficient (Wildman–Crippen LogP) is 3.08. The van der Waals surface area contributed by atoms with Crippen molar-refractivity contribution >= 4 is 44.8 Å². The van der Waals surface area contributed by atoms with E-state index in [0.29, 0.717) is 11.8 Å². The first-order chi connectivity index (χ1) is 14.8. The van der Waals surface area contributed by atoms with E-state index in [1.54, 1.807) is 0 Å². The Morgan fingerprint density at radius 3 is 2.55 bits per heavy atom. The van der Waals surface area contributed by atoms with Gasteiger partial charge >= 0.3 is 5.97 Å². The van der Waals surface area contributed by atoms with Crippen molar-refractivity contribution in [2.75, 3.05) is 30.8 Å². The summed E-state index contributed by atoms with van der Waals surface area (Å²) in [6.07, 6.45) is 0. The molecule has 0 aliphatic carbocycles. The number of esters is 1. The Bertz CT molecular complexity index is 1160. The van der Waals surface area contributed by atoms with Crippen LogP contribution in [-0.2, 0) is 14.8 Å². The maximum atomic E-state index is 12.5. The molecule has 0 saturated heterocycles. The monoisotopic (exact) mass is 461 g/mol. The lowest BCUT2D eigenvalue weighted by Gasteiger charge is -2.11. The number of anilines is 3. The maximum Gasteiger partial charge on any atom is 0.349 e. The summed E-state index contributed by atoms with van der Waals surface area (Å²) in [5.74, 6) is 0.315. The van der Waals surface area contributed by atoms with E-state index in [9.17, 15) is 13.2 Å². The molecule has 0 atom stereocenters. The second-order valence-electron chi connectivity index (χ2n) is 6.64. The number of nitrogens with zero attached hydrogens (tertiary/aromatic N) is 2. The van der Waals surface area contributed by atoms with Crippen LogP contribution in [0.2, 0.25) is 0 Å². The van der Waals surface area contributed by atoms with Crippen LogP contribution in [-0.4, -0.2) is 44.6 Å². The standard InChI is InChI=1S/C20H23N5O4S2/c1-13-4-6-15(7-5-13)24-17-12-14(2)23-20(25-17)21-9-10-22-31(27,28)16-8-11-30-18(16)19(26)29-3/h4-8,11-12,22H,9-10H2,1-3H3,(H2,21,23,24,25). The van der Waals surface area contributed by atoms with Crippen molar-refractivity contribution in [1.82, 2.24) is 14.7 Å². The summed E-state index contributed by atoms with van der Waals surface area (Å²) in [5.41, 5.74) is 2.82. The van der Waals surface area contributed by atoms with Crippen LogP contribution in [0.15, 0.2) is 46.7 Å². The van der Waals surface area contributed by atoms with Crippen LogP contribution in [0.4, 0.5) is 17.5 Å². The van der Waals surface area contributed by atoms with Crippen molar-refractivity contribution in [3.63, 3.8) is 0 Å². The molecule has 9 nitrogen and oxygen atoms in total. The zero-order valence-corrected chi connectivity index (χ0v) is 18.9. The van der Waals surface area contributed by atoms with Gasteiger partial charge in [-0.3, -0.25) is 0 Å². The zero-order chi connectivity index (χ0) is 22.4. The number of hydrogen-bond acceptors (Lipinski definition) is 9. The van der Waals surface area contributed by atoms with Gasteiger partial charge in [0.1, 0.15) is 15.6 Å². The average Bonchev–Trinajstić information content (AvgIpc) is 3.23. The first-order valence-corrected chi connectivity index (χ1v) is 11.7. The van der Waals surface area contributed by atoms with Crippen LogP contribution >= 0.6 is 11.3 Å². The van der Waals surface area contributed by atoms with Gasteiger partial charge in [0.15, 0.2) is 0 Å². The van der Waals surface area contributed by atoms with Crippen LogP contribution < -0.4 is 15.4 Å². The van der Waals surface area contributed by atoms with Crippen molar-refractivity contribution in [3.05, 3.63) is 57.9 Å². The molecule has 0 bridgehead atoms. The first-order valence-electron chi connectivity index (χ1n) is 9.37. The summed E-state index contributed by atoms with van der Waals surface area (Å²) in [6.45, 7) is 4.20. The number of thiophene rings is 1. The molecule has 3 rings (SSSR count). The van der Waals surface area contributed by atoms with Gasteiger partial charge in [-0.05, 0) is 37.4 Å². The number of aromatic nitrogens is 2. The molecule has 0 spiro atoms. The van der Waals surface area contributed by atoms with Gasteiger partial charge in [-0.2, -0.15) is 4.98 Å². The molecule has 2 aromatic heterocycles. The Morgan fingerprint density at radius 2 is 1.84 bits per heavy atom. The highest BCUT2D eigenvalue weighted by molar-refractivity contribution is 7.89. The third kappa shape index (κ3) is 6.00. The molecule has 164 valence electrons. The summed E-state index contributed by atoms with van der Waals surface area (Å²) in [5, 5.41) is 7.76. The van der Waals surface area contributed by atoms with Gasteiger partial charge in [-0.1, -0.05) is 17.7 Å². The second kappa shape index (κ2) is 9.86. The highest BCUT2D eigenvalue weighted by Gasteiger charge is 2.24. The van der Waals surface area contributed by atoms with E-state index in [1.807, 2.05) is 44.2 Å². The van der Waals surface area contributed by atoms with Crippen molar-refractivity contribution in [1.29, 1.82) is 0 Å². The molecule has 0 radical (unpaired) electrons. The summed E-state index contributed by atoms with van der Waals surface area (Å²) in [4.78, 5) is 20.4. The molecule has 11 heteroatoms. The van der Waals surface area contributed by atoms with Gasteiger partial charge in [-0.15, -0.1) is 11.3 Å². The minimum atomic E-state index is -3.85. The van der Waals surface area contributed by atoms with Crippen molar-refractivity contribution in [2.24, 2.45) is 0 Å². The Kier molecular flexibility index (Phi) is 7.21. The number of nitrogens with one attached hydrogen (secondary N) is 3. The van der Waals surface area contributed by atoms with Crippen LogP contribution in [0.5, 0.6) is 0 Å². The lowest BCUT2D eigenvalue weighted by molar-refractivity contribution is 0.0602. The van der Waals surface area contributed by atoms with Crippen molar-refractivity contribution < 1.29 is 17.9 Å². The van der Waals surface area contributed by atoms with E-state index < -0.39 is 16.0 Å². The van der Waals surface area contributed by atoms with E-state index in [4.69, 9.17) is 0 Å². The molecule has 31 heavy (non-hydrogen) atoms. The largest absolute Gasteiger partial charge is 0.465 e. The number of sulfonamides is 1. The normalized spacial score (nSPS) is 11.2. The fourth-order valence-electron chi connectivity index (χ4n) is 2.68. The third-order valence-corrected chi connectivity index (χ3v) is 6.69. The number of benzene rings is 1. The van der Waals surface area contributed by atoms with E-state index in [1.165, 1.54) is 18.6 Å². The average molecular weight is 462 g/mol. The molecule has 3 N–H and O–H groups in total. The number of ether oxygens (including phenoxy) is 1. The molecule has 1 aromatic carbocycles. The van der Waals surface area contributed by atoms with Gasteiger partial charge in [-0.25, -0.2) is 22.9 Å². The summed E-state index contributed by atoms with van der Waals surface area (Å²) in [6, 6.07) is 11.1. The number of carbonyl (C=O) groups excluding carboxylic acids is 1. The first kappa shape index (κ1) is 22.7. The summed E-state index contributed by atoms with van der Waals surface area (Å²) in [7, 11) is -2.64. The highest BCUT2D eigenvalue weighted by Crippen LogP contribution is 2.22. The van der Waals surface area contributed by atoms with Crippen LogP contribution in [0.1, 0.15) is 20.9 Å². The fourth-order valence-corrected chi connectivity index (χ4v) is 5.05. The SMILES string of the molecule is COC(=O)c1sccc1S(=O)(=O)NCCNc1nc(C)cc(Nc2ccc(C)cc2)n1. The summed E-state index contributed by atoms with van der Waals surface area (Å²) >= 11 is 1.01. The van der Waals surface area contributed by atoms with Crippen LogP contribution in [0, 0.1) is 13.8 Å². The molecule has 0 fully saturated rings. The smallest absolute Gasteiger partial charge is 0.349 e. The van der Waals surface area contributed by atoms with Gasteiger partial charge in [0.05, 0.1) is 7.11 Å². The quantitative estimate of drug-likeness (QED) is 0.328. The Labute approximate surface area is 185 Å². The molecule has 0 aliphatic rings. The van der Waals surface area contributed by atoms with Gasteiger partial charge in [0.25, 0.3) is 0 Å². The topological polar surface area (TPSA) is 122 Å². The number of carbonyl (C=O) groups is 1. The van der Waals surface area contributed by atoms with E-state index in [0.717, 1.165) is 28.3 Å². The minimum Gasteiger partial charge on any atom is -0.465 e. The number of hydrogen-bond donors (Lipinski definition) is 3. The molecular formula is C20H23N5O4S2. The lowest BCUT2D eigenvalue weighted by Crippen LogP contribution is -2.30. The number of methoxy groups -OCH3 is 1. The van der Waals surface area contributed by atoms with Crippen molar-refractivity contribution in [2.45, 2.75) is 18.7 Å². The van der Waals surface area contributed by atoms with Crippen LogP contribution in [0.3, 0.4) is 0 Å². The molecule has 0 aliphatic heterocycles. The Balaban J connectivity index is 1.59. The van der Waals surface area contributed by atoms with Gasteiger partial charge < -0.3 is 15.4 Å². The molecule has 0 unspecified atom stereocenters. The second-order valence-corrected chi connectivity index (χ2v) is 9.29. The Hall–Kier alpha value is -3.02. The third-order valence-electron chi connectivity index (χ3n) is 4.17. The molecule has 2 heterocycles. The highest BCUT2D eigenvalue weighted by atomic mass is 32.2. The molecule has 0 amide bonds. The summed E-state index contributed by atoms with van der Waals surface area (Å²) < 4.78 is 32.1. The van der Waals surface area contributed by atoms with E-state index >= 15 is 0 Å². The van der Waals surface area contributed by atoms with Crippen LogP contribution in [0.25, 0.3) is 0 Å². The number of aryl methyl sites for hydroxylation is 2. The fraction of sp³-hybridized carbons (Fsp3) is 0.250.